The van der Waals surface area contributed by atoms with Crippen LogP contribution in [0.4, 0.5) is 5.69 Å². The van der Waals surface area contributed by atoms with E-state index in [-0.39, 0.29) is 11.5 Å². The lowest BCUT2D eigenvalue weighted by Gasteiger charge is -2.11. The van der Waals surface area contributed by atoms with Crippen LogP contribution in [0.3, 0.4) is 0 Å². The number of aliphatic hydroxyl groups is 1. The van der Waals surface area contributed by atoms with Crippen LogP contribution < -0.4 is 9.46 Å². The number of para-hydroxylation sites is 2. The van der Waals surface area contributed by atoms with Gasteiger partial charge in [-0.25, -0.2) is 8.42 Å². The molecule has 2 rings (SSSR count). The molecule has 0 radical (unpaired) electrons. The first-order chi connectivity index (χ1) is 10.1. The lowest BCUT2D eigenvalue weighted by Crippen LogP contribution is -2.13. The summed E-state index contributed by atoms with van der Waals surface area (Å²) in [6, 6.07) is 13.2. The fourth-order valence-electron chi connectivity index (χ4n) is 1.90. The minimum absolute atomic E-state index is 0.0333. The summed E-state index contributed by atoms with van der Waals surface area (Å²) in [4.78, 5) is 0.162. The van der Waals surface area contributed by atoms with Gasteiger partial charge in [-0.15, -0.1) is 0 Å². The molecule has 0 aliphatic carbocycles. The normalized spacial score (nSPS) is 11.1. The number of aliphatic hydroxyl groups excluding tert-OH is 1. The minimum Gasteiger partial charge on any atom is -0.495 e. The van der Waals surface area contributed by atoms with Gasteiger partial charge < -0.3 is 9.84 Å². The van der Waals surface area contributed by atoms with Gasteiger partial charge in [-0.05, 0) is 36.2 Å². The highest BCUT2D eigenvalue weighted by Gasteiger charge is 2.16. The molecule has 0 unspecified atom stereocenters. The average molecular weight is 307 g/mol. The number of anilines is 1. The van der Waals surface area contributed by atoms with Crippen LogP contribution in [0.2, 0.25) is 0 Å². The Morgan fingerprint density at radius 3 is 2.38 bits per heavy atom. The van der Waals surface area contributed by atoms with Gasteiger partial charge >= 0.3 is 0 Å². The first-order valence-corrected chi connectivity index (χ1v) is 7.91. The number of ether oxygens (including phenoxy) is 1. The number of hydrogen-bond donors (Lipinski definition) is 2. The van der Waals surface area contributed by atoms with Gasteiger partial charge in [0, 0.05) is 6.61 Å². The molecule has 0 amide bonds. The first kappa shape index (κ1) is 15.3. The van der Waals surface area contributed by atoms with Crippen molar-refractivity contribution in [1.29, 1.82) is 0 Å². The Bertz CT molecular complexity index is 696. The van der Waals surface area contributed by atoms with Crippen LogP contribution >= 0.6 is 0 Å². The van der Waals surface area contributed by atoms with Crippen molar-refractivity contribution in [2.45, 2.75) is 11.3 Å². The van der Waals surface area contributed by atoms with Crippen molar-refractivity contribution >= 4 is 15.7 Å². The average Bonchev–Trinajstić information content (AvgIpc) is 2.48. The van der Waals surface area contributed by atoms with E-state index in [0.717, 1.165) is 5.56 Å². The van der Waals surface area contributed by atoms with Crippen molar-refractivity contribution in [3.8, 4) is 5.75 Å². The Morgan fingerprint density at radius 2 is 1.76 bits per heavy atom. The van der Waals surface area contributed by atoms with Crippen molar-refractivity contribution in [2.75, 3.05) is 18.4 Å². The highest BCUT2D eigenvalue weighted by Crippen LogP contribution is 2.26. The van der Waals surface area contributed by atoms with Gasteiger partial charge in [0.1, 0.15) is 5.75 Å². The lowest BCUT2D eigenvalue weighted by molar-refractivity contribution is 0.299. The second-order valence-electron chi connectivity index (χ2n) is 4.42. The summed E-state index contributed by atoms with van der Waals surface area (Å²) < 4.78 is 32.3. The fourth-order valence-corrected chi connectivity index (χ4v) is 2.97. The van der Waals surface area contributed by atoms with E-state index in [1.807, 2.05) is 0 Å². The summed E-state index contributed by atoms with van der Waals surface area (Å²) in [6.07, 6.45) is 0.500. The number of hydrogen-bond acceptors (Lipinski definition) is 4. The van der Waals surface area contributed by atoms with E-state index in [0.29, 0.717) is 17.9 Å². The summed E-state index contributed by atoms with van der Waals surface area (Å²) >= 11 is 0. The molecule has 21 heavy (non-hydrogen) atoms. The Kier molecular flexibility index (Phi) is 4.82. The van der Waals surface area contributed by atoms with Gasteiger partial charge in [0.2, 0.25) is 0 Å². The van der Waals surface area contributed by atoms with Gasteiger partial charge in [0.15, 0.2) is 0 Å². The first-order valence-electron chi connectivity index (χ1n) is 6.42. The van der Waals surface area contributed by atoms with Crippen molar-refractivity contribution in [3.05, 3.63) is 54.1 Å². The van der Waals surface area contributed by atoms with Crippen LogP contribution in [0.25, 0.3) is 0 Å². The molecule has 0 spiro atoms. The number of methoxy groups -OCH3 is 1. The topological polar surface area (TPSA) is 75.6 Å². The predicted molar refractivity (Wildman–Crippen MR) is 81.0 cm³/mol. The van der Waals surface area contributed by atoms with E-state index < -0.39 is 10.0 Å². The predicted octanol–water partition coefficient (Wildman–Crippen LogP) is 2.03. The SMILES string of the molecule is COc1ccccc1NS(=O)(=O)c1ccc(CCO)cc1. The molecule has 0 fully saturated rings. The minimum atomic E-state index is -3.67. The molecule has 2 aromatic rings. The van der Waals surface area contributed by atoms with Crippen LogP contribution in [0.5, 0.6) is 5.75 Å². The summed E-state index contributed by atoms with van der Waals surface area (Å²) in [5.41, 5.74) is 1.27. The molecule has 2 N–H and O–H groups in total. The quantitative estimate of drug-likeness (QED) is 0.856. The lowest BCUT2D eigenvalue weighted by atomic mass is 10.2. The second kappa shape index (κ2) is 6.60. The monoisotopic (exact) mass is 307 g/mol. The molecule has 0 bridgehead atoms. The maximum absolute atomic E-state index is 12.3. The molecule has 0 saturated carbocycles. The van der Waals surface area contributed by atoms with Crippen molar-refractivity contribution in [3.63, 3.8) is 0 Å². The van der Waals surface area contributed by atoms with Gasteiger partial charge in [-0.3, -0.25) is 4.72 Å². The zero-order valence-corrected chi connectivity index (χ0v) is 12.4. The van der Waals surface area contributed by atoms with E-state index in [1.165, 1.54) is 19.2 Å². The Morgan fingerprint density at radius 1 is 1.10 bits per heavy atom. The summed E-state index contributed by atoms with van der Waals surface area (Å²) in [7, 11) is -2.19. The van der Waals surface area contributed by atoms with Crippen LogP contribution in [0, 0.1) is 0 Å². The largest absolute Gasteiger partial charge is 0.495 e. The second-order valence-corrected chi connectivity index (χ2v) is 6.11. The third kappa shape index (κ3) is 3.74. The van der Waals surface area contributed by atoms with Crippen LogP contribution in [0.1, 0.15) is 5.56 Å². The molecule has 0 saturated heterocycles. The van der Waals surface area contributed by atoms with Crippen LogP contribution in [0.15, 0.2) is 53.4 Å². The number of sulfonamides is 1. The third-order valence-corrected chi connectivity index (χ3v) is 4.37. The van der Waals surface area contributed by atoms with E-state index in [2.05, 4.69) is 4.72 Å². The zero-order valence-electron chi connectivity index (χ0n) is 11.6. The van der Waals surface area contributed by atoms with Crippen molar-refractivity contribution in [2.24, 2.45) is 0 Å². The van der Waals surface area contributed by atoms with Gasteiger partial charge in [0.25, 0.3) is 10.0 Å². The number of nitrogens with one attached hydrogen (secondary N) is 1. The van der Waals surface area contributed by atoms with Crippen molar-refractivity contribution < 1.29 is 18.3 Å². The Balaban J connectivity index is 2.25. The van der Waals surface area contributed by atoms with Gasteiger partial charge in [0.05, 0.1) is 17.7 Å². The molecule has 0 atom stereocenters. The Hall–Kier alpha value is -2.05. The number of rotatable bonds is 6. The van der Waals surface area contributed by atoms with E-state index in [1.54, 1.807) is 36.4 Å². The van der Waals surface area contributed by atoms with Crippen LogP contribution in [-0.4, -0.2) is 27.2 Å². The molecule has 6 heteroatoms. The molecule has 2 aromatic carbocycles. The van der Waals surface area contributed by atoms with E-state index >= 15 is 0 Å². The molecule has 112 valence electrons. The maximum atomic E-state index is 12.3. The zero-order chi connectivity index (χ0) is 15.3. The van der Waals surface area contributed by atoms with Crippen molar-refractivity contribution in [1.82, 2.24) is 0 Å². The van der Waals surface area contributed by atoms with E-state index in [9.17, 15) is 8.42 Å². The molecular formula is C15H17NO4S. The highest BCUT2D eigenvalue weighted by molar-refractivity contribution is 7.92. The summed E-state index contributed by atoms with van der Waals surface area (Å²) in [6.45, 7) is 0.0333. The fraction of sp³-hybridized carbons (Fsp3) is 0.200. The molecular weight excluding hydrogens is 290 g/mol. The molecule has 0 aliphatic rings. The molecule has 0 heterocycles. The molecule has 5 nitrogen and oxygen atoms in total. The third-order valence-electron chi connectivity index (χ3n) is 2.99. The highest BCUT2D eigenvalue weighted by atomic mass is 32.2. The Labute approximate surface area is 124 Å². The summed E-state index contributed by atoms with van der Waals surface area (Å²) in [5.74, 6) is 0.456. The van der Waals surface area contributed by atoms with Gasteiger partial charge in [-0.1, -0.05) is 24.3 Å². The molecule has 0 aliphatic heterocycles. The van der Waals surface area contributed by atoms with Gasteiger partial charge in [-0.2, -0.15) is 0 Å². The van der Waals surface area contributed by atoms with E-state index in [4.69, 9.17) is 9.84 Å². The standard InChI is InChI=1S/C15H17NO4S/c1-20-15-5-3-2-4-14(15)16-21(18,19)13-8-6-12(7-9-13)10-11-17/h2-9,16-17H,10-11H2,1H3. The summed E-state index contributed by atoms with van der Waals surface area (Å²) in [5, 5.41) is 8.86. The maximum Gasteiger partial charge on any atom is 0.262 e. The molecule has 0 aromatic heterocycles. The van der Waals surface area contributed by atoms with Crippen LogP contribution in [-0.2, 0) is 16.4 Å². The number of benzene rings is 2. The smallest absolute Gasteiger partial charge is 0.262 e.